The third-order valence-corrected chi connectivity index (χ3v) is 4.17. The Balaban J connectivity index is 1.58. The molecule has 0 saturated carbocycles. The van der Waals surface area contributed by atoms with Gasteiger partial charge >= 0.3 is 0 Å². The van der Waals surface area contributed by atoms with Gasteiger partial charge in [0, 0.05) is 31.7 Å². The molecule has 1 aromatic rings. The number of fused-ring (bicyclic) bond motifs is 1. The molecule has 1 N–H and O–H groups in total. The van der Waals surface area contributed by atoms with Crippen molar-refractivity contribution >= 4 is 12.0 Å². The zero-order valence-corrected chi connectivity index (χ0v) is 14.0. The maximum absolute atomic E-state index is 12.2. The summed E-state index contributed by atoms with van der Waals surface area (Å²) < 4.78 is 10.9. The van der Waals surface area contributed by atoms with E-state index in [0.717, 1.165) is 49.7 Å². The molecule has 1 amide bonds. The van der Waals surface area contributed by atoms with Crippen LogP contribution in [0.4, 0.5) is 0 Å². The summed E-state index contributed by atoms with van der Waals surface area (Å²) in [6.45, 7) is 4.83. The quantitative estimate of drug-likeness (QED) is 0.648. The molecule has 0 radical (unpaired) electrons. The zero-order chi connectivity index (χ0) is 17.5. The number of benzene rings is 1. The minimum atomic E-state index is -0.351. The van der Waals surface area contributed by atoms with Crippen molar-refractivity contribution < 1.29 is 14.3 Å². The molecule has 0 bridgehead atoms. The average Bonchev–Trinajstić information content (AvgIpc) is 2.66. The average molecular weight is 339 g/mol. The first kappa shape index (κ1) is 17.2. The third-order valence-electron chi connectivity index (χ3n) is 4.17. The standard InChI is InChI=1S/C19H21N3O3/c20-13-17(19(23)21-5-6-22-7-9-24-10-8-22)12-15-11-16-3-1-2-4-18(16)25-14-15/h1-4,11-12H,5-10,14H2,(H,21,23). The normalized spacial score (nSPS) is 17.7. The van der Waals surface area contributed by atoms with Crippen molar-refractivity contribution in [3.63, 3.8) is 0 Å². The number of para-hydroxylation sites is 1. The minimum Gasteiger partial charge on any atom is -0.488 e. The van der Waals surface area contributed by atoms with Crippen molar-refractivity contribution in [1.82, 2.24) is 10.2 Å². The molecule has 3 rings (SSSR count). The van der Waals surface area contributed by atoms with Gasteiger partial charge in [0.25, 0.3) is 5.91 Å². The summed E-state index contributed by atoms with van der Waals surface area (Å²) in [5.41, 5.74) is 1.85. The van der Waals surface area contributed by atoms with E-state index in [1.165, 1.54) is 0 Å². The summed E-state index contributed by atoms with van der Waals surface area (Å²) in [7, 11) is 0. The van der Waals surface area contributed by atoms with Crippen molar-refractivity contribution in [3.05, 3.63) is 47.1 Å². The molecule has 1 aromatic carbocycles. The van der Waals surface area contributed by atoms with E-state index in [0.29, 0.717) is 13.2 Å². The summed E-state index contributed by atoms with van der Waals surface area (Å²) in [6, 6.07) is 9.66. The zero-order valence-electron chi connectivity index (χ0n) is 14.0. The van der Waals surface area contributed by atoms with Gasteiger partial charge in [-0.25, -0.2) is 0 Å². The number of carbonyl (C=O) groups is 1. The summed E-state index contributed by atoms with van der Waals surface area (Å²) in [4.78, 5) is 14.5. The lowest BCUT2D eigenvalue weighted by Gasteiger charge is -2.26. The first-order valence-electron chi connectivity index (χ1n) is 8.39. The van der Waals surface area contributed by atoms with Crippen molar-refractivity contribution in [1.29, 1.82) is 5.26 Å². The number of hydrogen-bond acceptors (Lipinski definition) is 5. The van der Waals surface area contributed by atoms with Crippen molar-refractivity contribution in [2.75, 3.05) is 46.0 Å². The van der Waals surface area contributed by atoms with E-state index in [2.05, 4.69) is 10.2 Å². The molecule has 1 saturated heterocycles. The van der Waals surface area contributed by atoms with Gasteiger partial charge < -0.3 is 14.8 Å². The van der Waals surface area contributed by atoms with Crippen LogP contribution in [-0.4, -0.2) is 56.8 Å². The summed E-state index contributed by atoms with van der Waals surface area (Å²) in [5.74, 6) is 0.462. The first-order chi connectivity index (χ1) is 12.3. The number of nitrogens with zero attached hydrogens (tertiary/aromatic N) is 2. The van der Waals surface area contributed by atoms with Gasteiger partial charge in [0.1, 0.15) is 24.0 Å². The lowest BCUT2D eigenvalue weighted by Crippen LogP contribution is -2.41. The fourth-order valence-electron chi connectivity index (χ4n) is 2.80. The molecule has 25 heavy (non-hydrogen) atoms. The van der Waals surface area contributed by atoms with Crippen LogP contribution in [0, 0.1) is 11.3 Å². The Morgan fingerprint density at radius 2 is 2.12 bits per heavy atom. The number of ether oxygens (including phenoxy) is 2. The Kier molecular flexibility index (Phi) is 5.83. The Labute approximate surface area is 147 Å². The highest BCUT2D eigenvalue weighted by molar-refractivity contribution is 5.98. The summed E-state index contributed by atoms with van der Waals surface area (Å²) in [6.07, 6.45) is 3.54. The largest absolute Gasteiger partial charge is 0.488 e. The molecular weight excluding hydrogens is 318 g/mol. The number of nitriles is 1. The number of rotatable bonds is 5. The van der Waals surface area contributed by atoms with Crippen LogP contribution < -0.4 is 10.1 Å². The highest BCUT2D eigenvalue weighted by Crippen LogP contribution is 2.26. The number of hydrogen-bond donors (Lipinski definition) is 1. The van der Waals surface area contributed by atoms with Gasteiger partial charge in [-0.05, 0) is 23.8 Å². The second kappa shape index (κ2) is 8.47. The van der Waals surface area contributed by atoms with E-state index in [1.807, 2.05) is 36.4 Å². The Hall–Kier alpha value is -2.62. The predicted octanol–water partition coefficient (Wildman–Crippen LogP) is 1.36. The minimum absolute atomic E-state index is 0.0937. The fourth-order valence-corrected chi connectivity index (χ4v) is 2.80. The molecule has 130 valence electrons. The number of carbonyl (C=O) groups excluding carboxylic acids is 1. The van der Waals surface area contributed by atoms with E-state index in [4.69, 9.17) is 9.47 Å². The molecule has 6 nitrogen and oxygen atoms in total. The van der Waals surface area contributed by atoms with Crippen LogP contribution in [-0.2, 0) is 9.53 Å². The van der Waals surface area contributed by atoms with Crippen molar-refractivity contribution in [2.24, 2.45) is 0 Å². The van der Waals surface area contributed by atoms with Crippen LogP contribution in [0.3, 0.4) is 0 Å². The van der Waals surface area contributed by atoms with E-state index in [9.17, 15) is 10.1 Å². The fraction of sp³-hybridized carbons (Fsp3) is 0.368. The molecule has 0 aromatic heterocycles. The van der Waals surface area contributed by atoms with Crippen LogP contribution in [0.25, 0.3) is 6.08 Å². The molecule has 6 heteroatoms. The molecule has 0 aliphatic carbocycles. The lowest BCUT2D eigenvalue weighted by atomic mass is 10.1. The van der Waals surface area contributed by atoms with E-state index < -0.39 is 0 Å². The number of nitrogens with one attached hydrogen (secondary N) is 1. The Morgan fingerprint density at radius 3 is 2.92 bits per heavy atom. The van der Waals surface area contributed by atoms with Crippen LogP contribution in [0.15, 0.2) is 41.5 Å². The molecule has 2 aliphatic rings. The lowest BCUT2D eigenvalue weighted by molar-refractivity contribution is -0.117. The molecule has 2 aliphatic heterocycles. The van der Waals surface area contributed by atoms with E-state index >= 15 is 0 Å². The maximum Gasteiger partial charge on any atom is 0.261 e. The van der Waals surface area contributed by atoms with Crippen molar-refractivity contribution in [3.8, 4) is 11.8 Å². The summed E-state index contributed by atoms with van der Waals surface area (Å²) in [5, 5.41) is 12.1. The summed E-state index contributed by atoms with van der Waals surface area (Å²) >= 11 is 0. The van der Waals surface area contributed by atoms with Gasteiger partial charge in [0.15, 0.2) is 0 Å². The topological polar surface area (TPSA) is 74.6 Å². The molecule has 2 heterocycles. The SMILES string of the molecule is N#CC(=CC1=Cc2ccccc2OC1)C(=O)NCCN1CCOCC1. The van der Waals surface area contributed by atoms with E-state index in [-0.39, 0.29) is 11.5 Å². The Morgan fingerprint density at radius 1 is 1.32 bits per heavy atom. The van der Waals surface area contributed by atoms with Crippen LogP contribution in [0.1, 0.15) is 5.56 Å². The van der Waals surface area contributed by atoms with Crippen LogP contribution >= 0.6 is 0 Å². The smallest absolute Gasteiger partial charge is 0.261 e. The van der Waals surface area contributed by atoms with Gasteiger partial charge in [-0.15, -0.1) is 0 Å². The highest BCUT2D eigenvalue weighted by atomic mass is 16.5. The van der Waals surface area contributed by atoms with Crippen molar-refractivity contribution in [2.45, 2.75) is 0 Å². The molecule has 1 fully saturated rings. The molecular formula is C19H21N3O3. The van der Waals surface area contributed by atoms with E-state index in [1.54, 1.807) is 6.08 Å². The number of amides is 1. The molecule has 0 atom stereocenters. The van der Waals surface area contributed by atoms with Crippen LogP contribution in [0.2, 0.25) is 0 Å². The van der Waals surface area contributed by atoms with Gasteiger partial charge in [-0.3, -0.25) is 9.69 Å². The van der Waals surface area contributed by atoms with Crippen LogP contribution in [0.5, 0.6) is 5.75 Å². The second-order valence-electron chi connectivity index (χ2n) is 5.93. The second-order valence-corrected chi connectivity index (χ2v) is 5.93. The third kappa shape index (κ3) is 4.69. The molecule has 0 spiro atoms. The first-order valence-corrected chi connectivity index (χ1v) is 8.39. The van der Waals surface area contributed by atoms with Gasteiger partial charge in [-0.1, -0.05) is 18.2 Å². The molecule has 0 unspecified atom stereocenters. The van der Waals surface area contributed by atoms with Gasteiger partial charge in [-0.2, -0.15) is 5.26 Å². The predicted molar refractivity (Wildman–Crippen MR) is 93.9 cm³/mol. The van der Waals surface area contributed by atoms with Gasteiger partial charge in [0.05, 0.1) is 13.2 Å². The van der Waals surface area contributed by atoms with Gasteiger partial charge in [0.2, 0.25) is 0 Å². The Bertz CT molecular complexity index is 728. The number of morpholine rings is 1. The highest BCUT2D eigenvalue weighted by Gasteiger charge is 2.14. The monoisotopic (exact) mass is 339 g/mol. The maximum atomic E-state index is 12.2.